The molecule has 0 aromatic heterocycles. The summed E-state index contributed by atoms with van der Waals surface area (Å²) in [5.41, 5.74) is 7.71. The van der Waals surface area contributed by atoms with E-state index in [0.717, 1.165) is 17.3 Å². The Labute approximate surface area is 122 Å². The lowest BCUT2D eigenvalue weighted by Crippen LogP contribution is -2.42. The van der Waals surface area contributed by atoms with Crippen LogP contribution in [0.15, 0.2) is 22.7 Å². The van der Waals surface area contributed by atoms with Crippen LogP contribution < -0.4 is 10.9 Å². The van der Waals surface area contributed by atoms with Gasteiger partial charge in [-0.1, -0.05) is 28.1 Å². The van der Waals surface area contributed by atoms with Crippen LogP contribution >= 0.6 is 15.9 Å². The van der Waals surface area contributed by atoms with Crippen molar-refractivity contribution < 1.29 is 9.53 Å². The number of halogens is 1. The zero-order chi connectivity index (χ0) is 14.0. The van der Waals surface area contributed by atoms with Crippen LogP contribution in [-0.4, -0.2) is 11.7 Å². The van der Waals surface area contributed by atoms with Gasteiger partial charge in [0.15, 0.2) is 0 Å². The van der Waals surface area contributed by atoms with E-state index in [9.17, 15) is 4.79 Å². The number of hydrogen-bond donors (Lipinski definition) is 2. The van der Waals surface area contributed by atoms with Crippen LogP contribution in [0.25, 0.3) is 0 Å². The highest BCUT2D eigenvalue weighted by molar-refractivity contribution is 9.10. The molecule has 5 heteroatoms. The normalized spacial score (nSPS) is 18.0. The molecule has 0 radical (unpaired) electrons. The second-order valence-corrected chi connectivity index (χ2v) is 6.52. The first-order valence-electron chi connectivity index (χ1n) is 6.38. The molecule has 1 atom stereocenters. The molecule has 1 aliphatic carbocycles. The Morgan fingerprint density at radius 2 is 2.16 bits per heavy atom. The molecular formula is C14H19BrN2O2. The summed E-state index contributed by atoms with van der Waals surface area (Å²) in [5, 5.41) is 0. The van der Waals surface area contributed by atoms with Crippen molar-refractivity contribution >= 4 is 22.0 Å². The summed E-state index contributed by atoms with van der Waals surface area (Å²) in [5.74, 6) is 0. The van der Waals surface area contributed by atoms with E-state index in [1.807, 2.05) is 32.9 Å². The van der Waals surface area contributed by atoms with Gasteiger partial charge in [0.1, 0.15) is 5.60 Å². The Kier molecular flexibility index (Phi) is 4.16. The first-order chi connectivity index (χ1) is 8.87. The van der Waals surface area contributed by atoms with Crippen LogP contribution in [-0.2, 0) is 11.2 Å². The summed E-state index contributed by atoms with van der Waals surface area (Å²) < 4.78 is 6.32. The maximum Gasteiger partial charge on any atom is 0.422 e. The maximum atomic E-state index is 11.6. The lowest BCUT2D eigenvalue weighted by Gasteiger charge is -2.21. The van der Waals surface area contributed by atoms with Gasteiger partial charge in [0.2, 0.25) is 0 Å². The molecule has 0 saturated heterocycles. The third-order valence-corrected chi connectivity index (χ3v) is 3.70. The molecule has 1 aromatic rings. The third-order valence-electron chi connectivity index (χ3n) is 2.96. The molecule has 2 N–H and O–H groups in total. The topological polar surface area (TPSA) is 50.4 Å². The van der Waals surface area contributed by atoms with Gasteiger partial charge in [0.25, 0.3) is 0 Å². The van der Waals surface area contributed by atoms with Gasteiger partial charge in [0, 0.05) is 4.47 Å². The molecule has 1 aliphatic rings. The van der Waals surface area contributed by atoms with Crippen molar-refractivity contribution in [2.45, 2.75) is 45.3 Å². The highest BCUT2D eigenvalue weighted by Crippen LogP contribution is 2.35. The van der Waals surface area contributed by atoms with Gasteiger partial charge in [-0.05, 0) is 50.8 Å². The third kappa shape index (κ3) is 3.70. The van der Waals surface area contributed by atoms with Crippen LogP contribution in [0.1, 0.15) is 44.4 Å². The van der Waals surface area contributed by atoms with Gasteiger partial charge >= 0.3 is 6.09 Å². The van der Waals surface area contributed by atoms with Crippen molar-refractivity contribution in [3.8, 4) is 0 Å². The van der Waals surface area contributed by atoms with Crippen LogP contribution in [0.3, 0.4) is 0 Å². The molecule has 0 unspecified atom stereocenters. The van der Waals surface area contributed by atoms with Gasteiger partial charge in [-0.15, -0.1) is 0 Å². The Hall–Kier alpha value is -1.07. The predicted molar refractivity (Wildman–Crippen MR) is 77.7 cm³/mol. The van der Waals surface area contributed by atoms with Crippen LogP contribution in [0, 0.1) is 0 Å². The van der Waals surface area contributed by atoms with E-state index in [0.29, 0.717) is 0 Å². The van der Waals surface area contributed by atoms with E-state index >= 15 is 0 Å². The summed E-state index contributed by atoms with van der Waals surface area (Å²) in [6.07, 6.45) is 1.52. The number of amides is 1. The van der Waals surface area contributed by atoms with Gasteiger partial charge in [0.05, 0.1) is 6.04 Å². The van der Waals surface area contributed by atoms with Crippen LogP contribution in [0.4, 0.5) is 4.79 Å². The monoisotopic (exact) mass is 326 g/mol. The fourth-order valence-corrected chi connectivity index (χ4v) is 2.79. The second kappa shape index (κ2) is 5.51. The zero-order valence-electron chi connectivity index (χ0n) is 11.4. The predicted octanol–water partition coefficient (Wildman–Crippen LogP) is 3.47. The molecule has 0 fully saturated rings. The molecule has 1 amide bonds. The summed E-state index contributed by atoms with van der Waals surface area (Å²) >= 11 is 3.55. The second-order valence-electron chi connectivity index (χ2n) is 5.67. The van der Waals surface area contributed by atoms with E-state index < -0.39 is 11.7 Å². The molecule has 4 nitrogen and oxygen atoms in total. The van der Waals surface area contributed by atoms with Crippen molar-refractivity contribution in [2.24, 2.45) is 0 Å². The number of ether oxygens (including phenoxy) is 1. The first kappa shape index (κ1) is 14.3. The van der Waals surface area contributed by atoms with Crippen molar-refractivity contribution in [1.29, 1.82) is 0 Å². The number of carbonyl (C=O) groups excluding carboxylic acids is 1. The summed E-state index contributed by atoms with van der Waals surface area (Å²) in [6.45, 7) is 5.53. The van der Waals surface area contributed by atoms with E-state index in [4.69, 9.17) is 4.74 Å². The Bertz CT molecular complexity index is 483. The van der Waals surface area contributed by atoms with E-state index in [1.165, 1.54) is 11.1 Å². The van der Waals surface area contributed by atoms with Crippen molar-refractivity contribution in [2.75, 3.05) is 0 Å². The Morgan fingerprint density at radius 1 is 1.42 bits per heavy atom. The van der Waals surface area contributed by atoms with E-state index in [-0.39, 0.29) is 6.04 Å². The minimum Gasteiger partial charge on any atom is -0.443 e. The number of rotatable bonds is 2. The number of nitrogens with one attached hydrogen (secondary N) is 2. The number of fused-ring (bicyclic) bond motifs is 1. The lowest BCUT2D eigenvalue weighted by molar-refractivity contribution is 0.0487. The van der Waals surface area contributed by atoms with Crippen molar-refractivity contribution in [3.63, 3.8) is 0 Å². The molecule has 0 saturated carbocycles. The Balaban J connectivity index is 1.93. The number of benzene rings is 1. The standard InChI is InChI=1S/C14H19BrN2O2/c1-14(2,3)19-13(18)17-16-12-8-7-9-10(12)5-4-6-11(9)15/h4-6,12,16H,7-8H2,1-3H3,(H,17,18)/t12-/m1/s1. The fourth-order valence-electron chi connectivity index (χ4n) is 2.21. The van der Waals surface area contributed by atoms with Crippen LogP contribution in [0.2, 0.25) is 0 Å². The molecule has 0 heterocycles. The quantitative estimate of drug-likeness (QED) is 0.818. The molecule has 2 rings (SSSR count). The number of hydrogen-bond acceptors (Lipinski definition) is 3. The molecule has 104 valence electrons. The molecule has 0 bridgehead atoms. The zero-order valence-corrected chi connectivity index (χ0v) is 13.0. The lowest BCUT2D eigenvalue weighted by atomic mass is 10.1. The highest BCUT2D eigenvalue weighted by Gasteiger charge is 2.25. The van der Waals surface area contributed by atoms with Gasteiger partial charge < -0.3 is 4.74 Å². The van der Waals surface area contributed by atoms with Crippen LogP contribution in [0.5, 0.6) is 0 Å². The van der Waals surface area contributed by atoms with Gasteiger partial charge in [-0.3, -0.25) is 5.43 Å². The summed E-state index contributed by atoms with van der Waals surface area (Å²) in [4.78, 5) is 11.6. The smallest absolute Gasteiger partial charge is 0.422 e. The van der Waals surface area contributed by atoms with E-state index in [1.54, 1.807) is 0 Å². The average molecular weight is 327 g/mol. The molecular weight excluding hydrogens is 308 g/mol. The first-order valence-corrected chi connectivity index (χ1v) is 7.18. The van der Waals surface area contributed by atoms with Gasteiger partial charge in [-0.2, -0.15) is 0 Å². The molecule has 19 heavy (non-hydrogen) atoms. The largest absolute Gasteiger partial charge is 0.443 e. The fraction of sp³-hybridized carbons (Fsp3) is 0.500. The van der Waals surface area contributed by atoms with Gasteiger partial charge in [-0.25, -0.2) is 10.2 Å². The Morgan fingerprint density at radius 3 is 2.84 bits per heavy atom. The molecule has 0 spiro atoms. The summed E-state index contributed by atoms with van der Waals surface area (Å²) in [6, 6.07) is 6.28. The highest BCUT2D eigenvalue weighted by atomic mass is 79.9. The summed E-state index contributed by atoms with van der Waals surface area (Å²) in [7, 11) is 0. The van der Waals surface area contributed by atoms with Crippen molar-refractivity contribution in [3.05, 3.63) is 33.8 Å². The van der Waals surface area contributed by atoms with Crippen molar-refractivity contribution in [1.82, 2.24) is 10.9 Å². The molecule has 0 aliphatic heterocycles. The number of carbonyl (C=O) groups is 1. The minimum absolute atomic E-state index is 0.139. The van der Waals surface area contributed by atoms with E-state index in [2.05, 4.69) is 32.8 Å². The minimum atomic E-state index is -0.484. The molecule has 1 aromatic carbocycles. The maximum absolute atomic E-state index is 11.6. The SMILES string of the molecule is CC(C)(C)OC(=O)NN[C@@H]1CCc2c(Br)cccc21. The average Bonchev–Trinajstić information content (AvgIpc) is 2.69. The number of hydrazine groups is 1.